The number of carboxylic acid groups (broad SMARTS) is 1. The highest BCUT2D eigenvalue weighted by Gasteiger charge is 2.42. The molecule has 5 heteroatoms. The molecule has 0 bridgehead atoms. The largest absolute Gasteiger partial charge is 0.481 e. The van der Waals surface area contributed by atoms with E-state index in [-0.39, 0.29) is 5.91 Å². The number of amides is 1. The van der Waals surface area contributed by atoms with Gasteiger partial charge < -0.3 is 10.4 Å². The molecule has 0 saturated heterocycles. The zero-order valence-electron chi connectivity index (χ0n) is 12.7. The Morgan fingerprint density at radius 2 is 1.95 bits per heavy atom. The number of hydrogen-bond donors (Lipinski definition) is 2. The van der Waals surface area contributed by atoms with Gasteiger partial charge in [0, 0.05) is 5.69 Å². The highest BCUT2D eigenvalue weighted by Crippen LogP contribution is 2.39. The van der Waals surface area contributed by atoms with Gasteiger partial charge in [-0.05, 0) is 44.7 Å². The first-order chi connectivity index (χ1) is 9.92. The van der Waals surface area contributed by atoms with Crippen LogP contribution in [0.3, 0.4) is 0 Å². The Bertz CT molecular complexity index is 556. The Balaban J connectivity index is 2.13. The van der Waals surface area contributed by atoms with Gasteiger partial charge in [-0.15, -0.1) is 0 Å². The number of aryl methyl sites for hydroxylation is 2. The van der Waals surface area contributed by atoms with Gasteiger partial charge in [0.25, 0.3) is 0 Å². The number of aromatic nitrogens is 1. The monoisotopic (exact) mass is 290 g/mol. The highest BCUT2D eigenvalue weighted by molar-refractivity contribution is 5.95. The number of aliphatic carboxylic acids is 1. The SMILES string of the molecule is CCC1CC(C(=O)O)C(C(=O)Nc2ccc(C)nc2C)C1. The van der Waals surface area contributed by atoms with Crippen molar-refractivity contribution in [1.82, 2.24) is 4.98 Å². The van der Waals surface area contributed by atoms with E-state index >= 15 is 0 Å². The number of rotatable bonds is 4. The maximum absolute atomic E-state index is 12.4. The molecule has 3 unspecified atom stereocenters. The molecule has 2 N–H and O–H groups in total. The quantitative estimate of drug-likeness (QED) is 0.893. The van der Waals surface area contributed by atoms with Gasteiger partial charge >= 0.3 is 5.97 Å². The van der Waals surface area contributed by atoms with Crippen LogP contribution in [-0.2, 0) is 9.59 Å². The molecule has 0 aliphatic heterocycles. The second-order valence-corrected chi connectivity index (χ2v) is 5.87. The third-order valence-electron chi connectivity index (χ3n) is 4.37. The number of hydrogen-bond acceptors (Lipinski definition) is 3. The van der Waals surface area contributed by atoms with E-state index in [4.69, 9.17) is 0 Å². The first kappa shape index (κ1) is 15.5. The summed E-state index contributed by atoms with van der Waals surface area (Å²) in [6.07, 6.45) is 2.16. The summed E-state index contributed by atoms with van der Waals surface area (Å²) in [6, 6.07) is 3.65. The minimum atomic E-state index is -0.871. The van der Waals surface area contributed by atoms with Crippen LogP contribution in [-0.4, -0.2) is 22.0 Å². The van der Waals surface area contributed by atoms with Crippen molar-refractivity contribution in [2.24, 2.45) is 17.8 Å². The molecule has 1 fully saturated rings. The number of carbonyl (C=O) groups is 2. The highest BCUT2D eigenvalue weighted by atomic mass is 16.4. The van der Waals surface area contributed by atoms with Gasteiger partial charge in [0.05, 0.1) is 23.2 Å². The number of anilines is 1. The molecule has 114 valence electrons. The number of nitrogens with one attached hydrogen (secondary N) is 1. The molecule has 1 aliphatic carbocycles. The molecule has 1 heterocycles. The van der Waals surface area contributed by atoms with Crippen LogP contribution >= 0.6 is 0 Å². The number of pyridine rings is 1. The van der Waals surface area contributed by atoms with E-state index in [0.717, 1.165) is 17.8 Å². The summed E-state index contributed by atoms with van der Waals surface area (Å²) in [5.41, 5.74) is 2.30. The summed E-state index contributed by atoms with van der Waals surface area (Å²) in [5.74, 6) is -1.78. The maximum Gasteiger partial charge on any atom is 0.307 e. The third-order valence-corrected chi connectivity index (χ3v) is 4.37. The molecule has 1 aliphatic rings. The molecule has 2 rings (SSSR count). The molecule has 0 spiro atoms. The summed E-state index contributed by atoms with van der Waals surface area (Å²) >= 11 is 0. The van der Waals surface area contributed by atoms with Crippen LogP contribution in [0.5, 0.6) is 0 Å². The van der Waals surface area contributed by atoms with E-state index in [1.165, 1.54) is 0 Å². The van der Waals surface area contributed by atoms with Crippen LogP contribution in [0, 0.1) is 31.6 Å². The molecule has 5 nitrogen and oxygen atoms in total. The van der Waals surface area contributed by atoms with Crippen LogP contribution in [0.2, 0.25) is 0 Å². The Morgan fingerprint density at radius 3 is 2.52 bits per heavy atom. The van der Waals surface area contributed by atoms with Gasteiger partial charge in [-0.3, -0.25) is 14.6 Å². The summed E-state index contributed by atoms with van der Waals surface area (Å²) in [4.78, 5) is 28.1. The lowest BCUT2D eigenvalue weighted by Gasteiger charge is -2.16. The molecule has 0 radical (unpaired) electrons. The van der Waals surface area contributed by atoms with Crippen molar-refractivity contribution < 1.29 is 14.7 Å². The zero-order valence-corrected chi connectivity index (χ0v) is 12.7. The summed E-state index contributed by atoms with van der Waals surface area (Å²) in [6.45, 7) is 5.76. The van der Waals surface area contributed by atoms with Crippen molar-refractivity contribution in [2.45, 2.75) is 40.0 Å². The van der Waals surface area contributed by atoms with Crippen LogP contribution in [0.1, 0.15) is 37.6 Å². The van der Waals surface area contributed by atoms with Gasteiger partial charge in [0.15, 0.2) is 0 Å². The first-order valence-corrected chi connectivity index (χ1v) is 7.40. The minimum Gasteiger partial charge on any atom is -0.481 e. The van der Waals surface area contributed by atoms with Gasteiger partial charge in [0.1, 0.15) is 0 Å². The lowest BCUT2D eigenvalue weighted by Crippen LogP contribution is -2.30. The van der Waals surface area contributed by atoms with Crippen LogP contribution < -0.4 is 5.32 Å². The van der Waals surface area contributed by atoms with Gasteiger partial charge in [-0.2, -0.15) is 0 Å². The van der Waals surface area contributed by atoms with Crippen LogP contribution in [0.25, 0.3) is 0 Å². The van der Waals surface area contributed by atoms with Crippen molar-refractivity contribution in [1.29, 1.82) is 0 Å². The van der Waals surface area contributed by atoms with Crippen molar-refractivity contribution in [3.63, 3.8) is 0 Å². The Kier molecular flexibility index (Phi) is 4.60. The van der Waals surface area contributed by atoms with Crippen molar-refractivity contribution >= 4 is 17.6 Å². The first-order valence-electron chi connectivity index (χ1n) is 7.40. The Labute approximate surface area is 124 Å². The smallest absolute Gasteiger partial charge is 0.307 e. The summed E-state index contributed by atoms with van der Waals surface area (Å²) < 4.78 is 0. The molecule has 1 amide bonds. The minimum absolute atomic E-state index is 0.202. The normalized spacial score (nSPS) is 24.8. The van der Waals surface area contributed by atoms with E-state index < -0.39 is 17.8 Å². The predicted octanol–water partition coefficient (Wildman–Crippen LogP) is 2.77. The van der Waals surface area contributed by atoms with E-state index in [1.54, 1.807) is 0 Å². The second-order valence-electron chi connectivity index (χ2n) is 5.87. The van der Waals surface area contributed by atoms with Crippen molar-refractivity contribution in [3.8, 4) is 0 Å². The molecule has 1 saturated carbocycles. The van der Waals surface area contributed by atoms with Crippen LogP contribution in [0.15, 0.2) is 12.1 Å². The lowest BCUT2D eigenvalue weighted by atomic mass is 9.95. The molecular formula is C16H22N2O3. The molecule has 1 aromatic rings. The van der Waals surface area contributed by atoms with E-state index in [1.807, 2.05) is 32.9 Å². The van der Waals surface area contributed by atoms with Crippen LogP contribution in [0.4, 0.5) is 5.69 Å². The van der Waals surface area contributed by atoms with E-state index in [9.17, 15) is 14.7 Å². The van der Waals surface area contributed by atoms with Gasteiger partial charge in [-0.1, -0.05) is 13.3 Å². The predicted molar refractivity (Wildman–Crippen MR) is 80.0 cm³/mol. The molecule has 21 heavy (non-hydrogen) atoms. The fourth-order valence-electron chi connectivity index (χ4n) is 3.08. The van der Waals surface area contributed by atoms with E-state index in [0.29, 0.717) is 24.4 Å². The average Bonchev–Trinajstić information content (AvgIpc) is 2.86. The van der Waals surface area contributed by atoms with Gasteiger partial charge in [-0.25, -0.2) is 0 Å². The van der Waals surface area contributed by atoms with E-state index in [2.05, 4.69) is 10.3 Å². The van der Waals surface area contributed by atoms with Gasteiger partial charge in [0.2, 0.25) is 5.91 Å². The Hall–Kier alpha value is -1.91. The molecule has 0 aromatic carbocycles. The fourth-order valence-corrected chi connectivity index (χ4v) is 3.08. The second kappa shape index (κ2) is 6.24. The molecular weight excluding hydrogens is 268 g/mol. The third kappa shape index (κ3) is 3.40. The summed E-state index contributed by atoms with van der Waals surface area (Å²) in [7, 11) is 0. The standard InChI is InChI=1S/C16H22N2O3/c1-4-11-7-12(13(8-11)16(20)21)15(19)18-14-6-5-9(2)17-10(14)3/h5-6,11-13H,4,7-8H2,1-3H3,(H,18,19)(H,20,21). The van der Waals surface area contributed by atoms with Crippen molar-refractivity contribution in [2.75, 3.05) is 5.32 Å². The molecule has 1 aromatic heterocycles. The zero-order chi connectivity index (χ0) is 15.6. The van der Waals surface area contributed by atoms with Crippen molar-refractivity contribution in [3.05, 3.63) is 23.5 Å². The molecule has 3 atom stereocenters. The average molecular weight is 290 g/mol. The number of carboxylic acids is 1. The Morgan fingerprint density at radius 1 is 1.29 bits per heavy atom. The topological polar surface area (TPSA) is 79.3 Å². The number of carbonyl (C=O) groups excluding carboxylic acids is 1. The lowest BCUT2D eigenvalue weighted by molar-refractivity contribution is -0.145. The maximum atomic E-state index is 12.4. The summed E-state index contributed by atoms with van der Waals surface area (Å²) in [5, 5.41) is 12.2. The number of nitrogens with zero attached hydrogens (tertiary/aromatic N) is 1. The fraction of sp³-hybridized carbons (Fsp3) is 0.562.